The molecule has 0 fully saturated rings. The number of ether oxygens (including phenoxy) is 1. The standard InChI is InChI=1S/C13H22ClN3O/c1-5-11-16-12(14)10(4)13(17-11)15-6-7-18-8-9(2)3/h9H,5-8H2,1-4H3,(H,15,16,17). The number of aryl methyl sites for hydroxylation is 1. The average Bonchev–Trinajstić information content (AvgIpc) is 2.33. The van der Waals surface area contributed by atoms with E-state index in [-0.39, 0.29) is 0 Å². The third-order valence-electron chi connectivity index (χ3n) is 2.44. The summed E-state index contributed by atoms with van der Waals surface area (Å²) in [5.74, 6) is 2.13. The molecule has 0 aliphatic rings. The van der Waals surface area contributed by atoms with Gasteiger partial charge in [0.25, 0.3) is 0 Å². The van der Waals surface area contributed by atoms with Crippen LogP contribution in [0.4, 0.5) is 5.82 Å². The molecular weight excluding hydrogens is 250 g/mol. The molecule has 0 saturated carbocycles. The SMILES string of the molecule is CCc1nc(Cl)c(C)c(NCCOCC(C)C)n1. The number of nitrogens with one attached hydrogen (secondary N) is 1. The van der Waals surface area contributed by atoms with Crippen LogP contribution in [-0.4, -0.2) is 29.7 Å². The number of anilines is 1. The van der Waals surface area contributed by atoms with Gasteiger partial charge in [0.15, 0.2) is 0 Å². The van der Waals surface area contributed by atoms with Gasteiger partial charge in [-0.2, -0.15) is 0 Å². The Morgan fingerprint density at radius 2 is 2.06 bits per heavy atom. The molecule has 0 spiro atoms. The van der Waals surface area contributed by atoms with Crippen molar-refractivity contribution in [1.29, 1.82) is 0 Å². The quantitative estimate of drug-likeness (QED) is 0.612. The van der Waals surface area contributed by atoms with Crippen LogP contribution in [0.5, 0.6) is 0 Å². The molecule has 1 heterocycles. The maximum absolute atomic E-state index is 6.06. The molecule has 1 aromatic heterocycles. The molecule has 0 aliphatic carbocycles. The molecule has 0 aliphatic heterocycles. The minimum Gasteiger partial charge on any atom is -0.379 e. The molecule has 0 bridgehead atoms. The van der Waals surface area contributed by atoms with Crippen LogP contribution in [0.15, 0.2) is 0 Å². The first kappa shape index (κ1) is 15.2. The molecule has 1 rings (SSSR count). The highest BCUT2D eigenvalue weighted by Gasteiger charge is 2.07. The fourth-order valence-corrected chi connectivity index (χ4v) is 1.61. The maximum atomic E-state index is 6.06. The van der Waals surface area contributed by atoms with Crippen molar-refractivity contribution in [2.45, 2.75) is 34.1 Å². The Morgan fingerprint density at radius 1 is 1.33 bits per heavy atom. The number of nitrogens with zero attached hydrogens (tertiary/aromatic N) is 2. The Bertz CT molecular complexity index is 383. The summed E-state index contributed by atoms with van der Waals surface area (Å²) in [6, 6.07) is 0. The number of halogens is 1. The van der Waals surface area contributed by atoms with Crippen LogP contribution in [-0.2, 0) is 11.2 Å². The van der Waals surface area contributed by atoms with E-state index in [4.69, 9.17) is 16.3 Å². The zero-order chi connectivity index (χ0) is 13.5. The fourth-order valence-electron chi connectivity index (χ4n) is 1.42. The third kappa shape index (κ3) is 4.78. The first-order valence-corrected chi connectivity index (χ1v) is 6.77. The lowest BCUT2D eigenvalue weighted by molar-refractivity contribution is 0.118. The summed E-state index contributed by atoms with van der Waals surface area (Å²) < 4.78 is 5.50. The zero-order valence-electron chi connectivity index (χ0n) is 11.6. The maximum Gasteiger partial charge on any atom is 0.137 e. The molecule has 102 valence electrons. The van der Waals surface area contributed by atoms with Gasteiger partial charge in [-0.1, -0.05) is 32.4 Å². The molecule has 0 amide bonds. The minimum absolute atomic E-state index is 0.521. The first-order valence-electron chi connectivity index (χ1n) is 6.39. The van der Waals surface area contributed by atoms with Gasteiger partial charge in [-0.3, -0.25) is 0 Å². The van der Waals surface area contributed by atoms with E-state index in [0.717, 1.165) is 36.8 Å². The molecule has 1 aromatic rings. The van der Waals surface area contributed by atoms with E-state index in [1.807, 2.05) is 13.8 Å². The van der Waals surface area contributed by atoms with Crippen molar-refractivity contribution >= 4 is 17.4 Å². The molecule has 5 heteroatoms. The smallest absolute Gasteiger partial charge is 0.137 e. The molecule has 18 heavy (non-hydrogen) atoms. The summed E-state index contributed by atoms with van der Waals surface area (Å²) in [5, 5.41) is 3.76. The molecule has 0 aromatic carbocycles. The summed E-state index contributed by atoms with van der Waals surface area (Å²) in [7, 11) is 0. The first-order chi connectivity index (χ1) is 8.54. The number of aromatic nitrogens is 2. The summed E-state index contributed by atoms with van der Waals surface area (Å²) in [4.78, 5) is 8.62. The van der Waals surface area contributed by atoms with Crippen molar-refractivity contribution in [3.63, 3.8) is 0 Å². The Balaban J connectivity index is 2.48. The average molecular weight is 272 g/mol. The third-order valence-corrected chi connectivity index (χ3v) is 2.81. The number of rotatable bonds is 7. The Hall–Kier alpha value is -0.870. The molecule has 0 saturated heterocycles. The van der Waals surface area contributed by atoms with Crippen LogP contribution < -0.4 is 5.32 Å². The van der Waals surface area contributed by atoms with Gasteiger partial charge >= 0.3 is 0 Å². The second kappa shape index (κ2) is 7.54. The van der Waals surface area contributed by atoms with E-state index in [2.05, 4.69) is 29.1 Å². The number of hydrogen-bond acceptors (Lipinski definition) is 4. The van der Waals surface area contributed by atoms with Gasteiger partial charge in [0, 0.05) is 25.1 Å². The highest BCUT2D eigenvalue weighted by atomic mass is 35.5. The van der Waals surface area contributed by atoms with Gasteiger partial charge in [-0.15, -0.1) is 0 Å². The van der Waals surface area contributed by atoms with Gasteiger partial charge in [0.1, 0.15) is 16.8 Å². The Morgan fingerprint density at radius 3 is 2.67 bits per heavy atom. The largest absolute Gasteiger partial charge is 0.379 e. The lowest BCUT2D eigenvalue weighted by atomic mass is 10.2. The van der Waals surface area contributed by atoms with Gasteiger partial charge in [-0.05, 0) is 12.8 Å². The molecule has 0 atom stereocenters. The van der Waals surface area contributed by atoms with Gasteiger partial charge in [0.05, 0.1) is 6.61 Å². The minimum atomic E-state index is 0.521. The van der Waals surface area contributed by atoms with Crippen LogP contribution in [0.3, 0.4) is 0 Å². The van der Waals surface area contributed by atoms with E-state index in [0.29, 0.717) is 17.7 Å². The van der Waals surface area contributed by atoms with E-state index in [1.165, 1.54) is 0 Å². The fraction of sp³-hybridized carbons (Fsp3) is 0.692. The Kier molecular flexibility index (Phi) is 6.36. The zero-order valence-corrected chi connectivity index (χ0v) is 12.3. The van der Waals surface area contributed by atoms with Gasteiger partial charge < -0.3 is 10.1 Å². The van der Waals surface area contributed by atoms with Crippen LogP contribution in [0.1, 0.15) is 32.2 Å². The van der Waals surface area contributed by atoms with Crippen LogP contribution in [0, 0.1) is 12.8 Å². The van der Waals surface area contributed by atoms with Crippen molar-refractivity contribution in [2.24, 2.45) is 5.92 Å². The second-order valence-electron chi connectivity index (χ2n) is 4.65. The van der Waals surface area contributed by atoms with E-state index >= 15 is 0 Å². The van der Waals surface area contributed by atoms with E-state index < -0.39 is 0 Å². The molecule has 0 radical (unpaired) electrons. The van der Waals surface area contributed by atoms with Crippen molar-refractivity contribution in [3.8, 4) is 0 Å². The number of hydrogen-bond donors (Lipinski definition) is 1. The normalized spacial score (nSPS) is 11.0. The second-order valence-corrected chi connectivity index (χ2v) is 5.01. The van der Waals surface area contributed by atoms with Crippen molar-refractivity contribution in [1.82, 2.24) is 9.97 Å². The molecule has 1 N–H and O–H groups in total. The van der Waals surface area contributed by atoms with Crippen molar-refractivity contribution < 1.29 is 4.74 Å². The summed E-state index contributed by atoms with van der Waals surface area (Å²) in [6.45, 7) is 10.4. The topological polar surface area (TPSA) is 47.0 Å². The van der Waals surface area contributed by atoms with Gasteiger partial charge in [0.2, 0.25) is 0 Å². The van der Waals surface area contributed by atoms with E-state index in [1.54, 1.807) is 0 Å². The lowest BCUT2D eigenvalue weighted by Gasteiger charge is -2.11. The monoisotopic (exact) mass is 271 g/mol. The van der Waals surface area contributed by atoms with E-state index in [9.17, 15) is 0 Å². The highest BCUT2D eigenvalue weighted by Crippen LogP contribution is 2.19. The summed E-state index contributed by atoms with van der Waals surface area (Å²) in [6.07, 6.45) is 0.776. The highest BCUT2D eigenvalue weighted by molar-refractivity contribution is 6.30. The van der Waals surface area contributed by atoms with Crippen LogP contribution in [0.25, 0.3) is 0 Å². The molecule has 4 nitrogen and oxygen atoms in total. The van der Waals surface area contributed by atoms with Crippen LogP contribution >= 0.6 is 11.6 Å². The predicted octanol–water partition coefficient (Wildman–Crippen LogP) is 3.09. The molecular formula is C13H22ClN3O. The predicted molar refractivity (Wildman–Crippen MR) is 75.3 cm³/mol. The van der Waals surface area contributed by atoms with Crippen molar-refractivity contribution in [3.05, 3.63) is 16.5 Å². The van der Waals surface area contributed by atoms with Gasteiger partial charge in [-0.25, -0.2) is 9.97 Å². The summed E-state index contributed by atoms with van der Waals surface area (Å²) in [5.41, 5.74) is 0.887. The lowest BCUT2D eigenvalue weighted by Crippen LogP contribution is -2.14. The Labute approximate surface area is 114 Å². The van der Waals surface area contributed by atoms with Crippen molar-refractivity contribution in [2.75, 3.05) is 25.1 Å². The van der Waals surface area contributed by atoms with Crippen LogP contribution in [0.2, 0.25) is 5.15 Å². The summed E-state index contributed by atoms with van der Waals surface area (Å²) >= 11 is 6.06. The molecule has 0 unspecified atom stereocenters.